The monoisotopic (exact) mass is 254 g/mol. The lowest BCUT2D eigenvalue weighted by atomic mass is 10.1. The third kappa shape index (κ3) is 2.03. The predicted octanol–water partition coefficient (Wildman–Crippen LogP) is 3.09. The molecule has 0 spiro atoms. The van der Waals surface area contributed by atoms with Crippen molar-refractivity contribution >= 4 is 16.8 Å². The van der Waals surface area contributed by atoms with E-state index >= 15 is 0 Å². The number of fused-ring (bicyclic) bond motifs is 1. The number of rotatable bonds is 4. The molecule has 4 rings (SSSR count). The first-order chi connectivity index (χ1) is 9.33. The molecular formula is C16H18N2O. The Kier molecular flexibility index (Phi) is 2.40. The van der Waals surface area contributed by atoms with Crippen molar-refractivity contribution in [2.75, 3.05) is 0 Å². The molecule has 2 fully saturated rings. The van der Waals surface area contributed by atoms with Crippen LogP contribution < -0.4 is 5.32 Å². The summed E-state index contributed by atoms with van der Waals surface area (Å²) in [6.45, 7) is 0. The van der Waals surface area contributed by atoms with Crippen LogP contribution in [0, 0.1) is 11.8 Å². The first-order valence-corrected chi connectivity index (χ1v) is 7.20. The summed E-state index contributed by atoms with van der Waals surface area (Å²) in [4.78, 5) is 15.7. The zero-order valence-corrected chi connectivity index (χ0v) is 10.9. The van der Waals surface area contributed by atoms with Crippen molar-refractivity contribution in [3.63, 3.8) is 0 Å². The number of para-hydroxylation sites is 1. The highest BCUT2D eigenvalue weighted by molar-refractivity contribution is 6.05. The second-order valence-electron chi connectivity index (χ2n) is 5.92. The van der Waals surface area contributed by atoms with Crippen molar-refractivity contribution < 1.29 is 4.79 Å². The molecule has 3 heteroatoms. The van der Waals surface area contributed by atoms with E-state index in [9.17, 15) is 4.79 Å². The summed E-state index contributed by atoms with van der Waals surface area (Å²) in [5.74, 6) is 1.55. The second kappa shape index (κ2) is 4.12. The van der Waals surface area contributed by atoms with Crippen molar-refractivity contribution in [2.45, 2.75) is 31.7 Å². The van der Waals surface area contributed by atoms with Crippen molar-refractivity contribution in [1.82, 2.24) is 10.3 Å². The number of aromatic nitrogens is 1. The SMILES string of the molecule is O=C(NC(C1CC1)C1CC1)c1cccc2cc[nH]c12. The molecule has 1 aromatic carbocycles. The molecule has 2 N–H and O–H groups in total. The second-order valence-corrected chi connectivity index (χ2v) is 5.92. The van der Waals surface area contributed by atoms with Crippen LogP contribution in [0.1, 0.15) is 36.0 Å². The lowest BCUT2D eigenvalue weighted by Crippen LogP contribution is -2.38. The normalized spacial score (nSPS) is 19.0. The van der Waals surface area contributed by atoms with E-state index in [1.54, 1.807) is 0 Å². The Bertz CT molecular complexity index is 610. The van der Waals surface area contributed by atoms with E-state index in [4.69, 9.17) is 0 Å². The van der Waals surface area contributed by atoms with Gasteiger partial charge in [0.05, 0.1) is 11.1 Å². The molecule has 0 radical (unpaired) electrons. The topological polar surface area (TPSA) is 44.9 Å². The summed E-state index contributed by atoms with van der Waals surface area (Å²) >= 11 is 0. The first-order valence-electron chi connectivity index (χ1n) is 7.20. The number of amides is 1. The number of carbonyl (C=O) groups is 1. The molecule has 0 saturated heterocycles. The molecule has 2 aliphatic carbocycles. The van der Waals surface area contributed by atoms with Gasteiger partial charge in [-0.25, -0.2) is 0 Å². The molecule has 0 atom stereocenters. The Morgan fingerprint density at radius 1 is 1.16 bits per heavy atom. The zero-order chi connectivity index (χ0) is 12.8. The van der Waals surface area contributed by atoms with Crippen LogP contribution in [0.5, 0.6) is 0 Å². The molecule has 1 amide bonds. The van der Waals surface area contributed by atoms with Crippen molar-refractivity contribution in [1.29, 1.82) is 0 Å². The maximum atomic E-state index is 12.5. The number of aromatic amines is 1. The van der Waals surface area contributed by atoms with E-state index in [1.165, 1.54) is 25.7 Å². The van der Waals surface area contributed by atoms with Gasteiger partial charge in [-0.05, 0) is 49.7 Å². The van der Waals surface area contributed by atoms with Gasteiger partial charge >= 0.3 is 0 Å². The molecule has 2 aromatic rings. The molecule has 1 heterocycles. The maximum Gasteiger partial charge on any atom is 0.253 e. The van der Waals surface area contributed by atoms with Crippen LogP contribution in [0.4, 0.5) is 0 Å². The minimum atomic E-state index is 0.0804. The summed E-state index contributed by atoms with van der Waals surface area (Å²) in [7, 11) is 0. The molecule has 1 aromatic heterocycles. The molecule has 2 aliphatic rings. The summed E-state index contributed by atoms with van der Waals surface area (Å²) in [5.41, 5.74) is 1.72. The number of hydrogen-bond acceptors (Lipinski definition) is 1. The Morgan fingerprint density at radius 2 is 1.89 bits per heavy atom. The number of benzene rings is 1. The molecular weight excluding hydrogens is 236 g/mol. The summed E-state index contributed by atoms with van der Waals surface area (Å²) in [6.07, 6.45) is 7.03. The average Bonchev–Trinajstić information content (AvgIpc) is 3.33. The van der Waals surface area contributed by atoms with Gasteiger partial charge in [0.1, 0.15) is 0 Å². The molecule has 0 aliphatic heterocycles. The highest BCUT2D eigenvalue weighted by Crippen LogP contribution is 2.44. The predicted molar refractivity (Wildman–Crippen MR) is 75.0 cm³/mol. The fraction of sp³-hybridized carbons (Fsp3) is 0.438. The minimum Gasteiger partial charge on any atom is -0.361 e. The van der Waals surface area contributed by atoms with E-state index in [-0.39, 0.29) is 5.91 Å². The number of H-pyrrole nitrogens is 1. The first kappa shape index (κ1) is 11.1. The fourth-order valence-corrected chi connectivity index (χ4v) is 3.03. The van der Waals surface area contributed by atoms with E-state index in [0.717, 1.165) is 28.3 Å². The van der Waals surface area contributed by atoms with Gasteiger partial charge in [-0.15, -0.1) is 0 Å². The molecule has 19 heavy (non-hydrogen) atoms. The number of nitrogens with one attached hydrogen (secondary N) is 2. The third-order valence-electron chi connectivity index (χ3n) is 4.39. The summed E-state index contributed by atoms with van der Waals surface area (Å²) in [5, 5.41) is 4.38. The quantitative estimate of drug-likeness (QED) is 0.865. The van der Waals surface area contributed by atoms with Gasteiger partial charge in [0, 0.05) is 17.6 Å². The smallest absolute Gasteiger partial charge is 0.253 e. The summed E-state index contributed by atoms with van der Waals surface area (Å²) in [6, 6.07) is 8.31. The Morgan fingerprint density at radius 3 is 2.58 bits per heavy atom. The van der Waals surface area contributed by atoms with Crippen LogP contribution in [0.25, 0.3) is 10.9 Å². The Hall–Kier alpha value is -1.77. The fourth-order valence-electron chi connectivity index (χ4n) is 3.03. The average molecular weight is 254 g/mol. The van der Waals surface area contributed by atoms with Gasteiger partial charge in [0.2, 0.25) is 0 Å². The van der Waals surface area contributed by atoms with Crippen LogP contribution in [0.15, 0.2) is 30.5 Å². The van der Waals surface area contributed by atoms with Crippen molar-refractivity contribution in [3.05, 3.63) is 36.0 Å². The largest absolute Gasteiger partial charge is 0.361 e. The van der Waals surface area contributed by atoms with Crippen LogP contribution >= 0.6 is 0 Å². The molecule has 0 unspecified atom stereocenters. The van der Waals surface area contributed by atoms with Gasteiger partial charge < -0.3 is 10.3 Å². The van der Waals surface area contributed by atoms with Crippen LogP contribution in [-0.2, 0) is 0 Å². The lowest BCUT2D eigenvalue weighted by molar-refractivity contribution is 0.0928. The standard InChI is InChI=1S/C16H18N2O/c19-16(18-14(11-4-5-11)12-6-7-12)13-3-1-2-10-8-9-17-15(10)13/h1-3,8-9,11-12,14,17H,4-7H2,(H,18,19). The van der Waals surface area contributed by atoms with E-state index in [0.29, 0.717) is 6.04 Å². The number of hydrogen-bond donors (Lipinski definition) is 2. The van der Waals surface area contributed by atoms with E-state index in [1.807, 2.05) is 30.5 Å². The Labute approximate surface area is 112 Å². The maximum absolute atomic E-state index is 12.5. The van der Waals surface area contributed by atoms with Crippen molar-refractivity contribution in [2.24, 2.45) is 11.8 Å². The highest BCUT2D eigenvalue weighted by Gasteiger charge is 2.42. The number of carbonyl (C=O) groups excluding carboxylic acids is 1. The molecule has 2 saturated carbocycles. The van der Waals surface area contributed by atoms with Crippen LogP contribution in [0.3, 0.4) is 0 Å². The van der Waals surface area contributed by atoms with E-state index < -0.39 is 0 Å². The van der Waals surface area contributed by atoms with Crippen LogP contribution in [-0.4, -0.2) is 16.9 Å². The zero-order valence-electron chi connectivity index (χ0n) is 10.9. The van der Waals surface area contributed by atoms with Gasteiger partial charge in [0.15, 0.2) is 0 Å². The molecule has 3 nitrogen and oxygen atoms in total. The van der Waals surface area contributed by atoms with Gasteiger partial charge in [-0.3, -0.25) is 4.79 Å². The highest BCUT2D eigenvalue weighted by atomic mass is 16.1. The van der Waals surface area contributed by atoms with Gasteiger partial charge in [0.25, 0.3) is 5.91 Å². The van der Waals surface area contributed by atoms with Gasteiger partial charge in [-0.2, -0.15) is 0 Å². The Balaban J connectivity index is 1.60. The minimum absolute atomic E-state index is 0.0804. The van der Waals surface area contributed by atoms with Crippen molar-refractivity contribution in [3.8, 4) is 0 Å². The molecule has 0 bridgehead atoms. The summed E-state index contributed by atoms with van der Waals surface area (Å²) < 4.78 is 0. The van der Waals surface area contributed by atoms with Gasteiger partial charge in [-0.1, -0.05) is 12.1 Å². The van der Waals surface area contributed by atoms with Crippen LogP contribution in [0.2, 0.25) is 0 Å². The van der Waals surface area contributed by atoms with E-state index in [2.05, 4.69) is 10.3 Å². The molecule has 98 valence electrons. The third-order valence-corrected chi connectivity index (χ3v) is 4.39. The lowest BCUT2D eigenvalue weighted by Gasteiger charge is -2.17.